The molecule has 1 aromatic heterocycles. The topological polar surface area (TPSA) is 41.0 Å². The van der Waals surface area contributed by atoms with Crippen molar-refractivity contribution in [3.05, 3.63) is 18.2 Å². The van der Waals surface area contributed by atoms with Gasteiger partial charge in [-0.05, 0) is 25.4 Å². The quantitative estimate of drug-likeness (QED) is 0.795. The molecule has 0 radical (unpaired) electrons. The maximum Gasteiger partial charge on any atom is 0.225 e. The Morgan fingerprint density at radius 1 is 1.53 bits per heavy atom. The molecule has 1 unspecified atom stereocenters. The minimum Gasteiger partial charge on any atom is -0.344 e. The van der Waals surface area contributed by atoms with Crippen LogP contribution in [0.15, 0.2) is 12.4 Å². The molecule has 2 heterocycles. The van der Waals surface area contributed by atoms with E-state index in [-0.39, 0.29) is 0 Å². The van der Waals surface area contributed by atoms with Crippen molar-refractivity contribution < 1.29 is 4.39 Å². The molecule has 1 aliphatic rings. The zero-order valence-electron chi connectivity index (χ0n) is 8.78. The van der Waals surface area contributed by atoms with Gasteiger partial charge in [-0.2, -0.15) is 0 Å². The van der Waals surface area contributed by atoms with Gasteiger partial charge in [0.25, 0.3) is 0 Å². The van der Waals surface area contributed by atoms with E-state index in [2.05, 4.69) is 15.3 Å². The first kappa shape index (κ1) is 10.3. The third-order valence-electron chi connectivity index (χ3n) is 2.64. The summed E-state index contributed by atoms with van der Waals surface area (Å²) in [5.74, 6) is 0.835. The van der Waals surface area contributed by atoms with E-state index in [0.29, 0.717) is 11.9 Å². The van der Waals surface area contributed by atoms with E-state index in [4.69, 9.17) is 0 Å². The highest BCUT2D eigenvalue weighted by Crippen LogP contribution is 2.12. The molecule has 1 aliphatic heterocycles. The van der Waals surface area contributed by atoms with Gasteiger partial charge >= 0.3 is 0 Å². The van der Waals surface area contributed by atoms with Crippen LogP contribution in [0.3, 0.4) is 0 Å². The minimum absolute atomic E-state index is 0.394. The highest BCUT2D eigenvalue weighted by molar-refractivity contribution is 5.26. The molecule has 1 fully saturated rings. The standard InChI is InChI=1S/C10H15FN4/c1-15(7-8-2-3-12-4-8)10-13-5-9(11)6-14-10/h5-6,8,12H,2-4,7H2,1H3. The van der Waals surface area contributed by atoms with Gasteiger partial charge < -0.3 is 10.2 Å². The van der Waals surface area contributed by atoms with Crippen LogP contribution < -0.4 is 10.2 Å². The molecular weight excluding hydrogens is 195 g/mol. The number of halogens is 1. The number of rotatable bonds is 3. The summed E-state index contributed by atoms with van der Waals surface area (Å²) in [7, 11) is 1.94. The molecule has 0 saturated carbocycles. The van der Waals surface area contributed by atoms with Crippen LogP contribution in [0.1, 0.15) is 6.42 Å². The first-order valence-corrected chi connectivity index (χ1v) is 5.15. The Bertz CT molecular complexity index is 308. The van der Waals surface area contributed by atoms with Crippen molar-refractivity contribution in [3.8, 4) is 0 Å². The largest absolute Gasteiger partial charge is 0.344 e. The van der Waals surface area contributed by atoms with Gasteiger partial charge in [-0.25, -0.2) is 14.4 Å². The van der Waals surface area contributed by atoms with Crippen molar-refractivity contribution in [1.29, 1.82) is 0 Å². The molecule has 0 bridgehead atoms. The van der Waals surface area contributed by atoms with Gasteiger partial charge in [-0.1, -0.05) is 0 Å². The molecule has 0 spiro atoms. The first-order valence-electron chi connectivity index (χ1n) is 5.15. The summed E-state index contributed by atoms with van der Waals surface area (Å²) in [6, 6.07) is 0. The van der Waals surface area contributed by atoms with Crippen LogP contribution in [-0.4, -0.2) is 36.6 Å². The lowest BCUT2D eigenvalue weighted by Gasteiger charge is -2.20. The van der Waals surface area contributed by atoms with Gasteiger partial charge in [0.15, 0.2) is 5.82 Å². The van der Waals surface area contributed by atoms with Crippen molar-refractivity contribution in [1.82, 2.24) is 15.3 Å². The Labute approximate surface area is 88.5 Å². The Kier molecular flexibility index (Phi) is 3.11. The van der Waals surface area contributed by atoms with Crippen molar-refractivity contribution in [2.75, 3.05) is 31.6 Å². The second-order valence-corrected chi connectivity index (χ2v) is 3.94. The summed E-state index contributed by atoms with van der Waals surface area (Å²) in [4.78, 5) is 9.85. The molecular formula is C10H15FN4. The Balaban J connectivity index is 1.94. The van der Waals surface area contributed by atoms with E-state index in [1.165, 1.54) is 18.8 Å². The lowest BCUT2D eigenvalue weighted by atomic mass is 10.1. The molecule has 1 N–H and O–H groups in total. The number of hydrogen-bond donors (Lipinski definition) is 1. The predicted octanol–water partition coefficient (Wildman–Crippen LogP) is 0.661. The van der Waals surface area contributed by atoms with Crippen LogP contribution in [0.2, 0.25) is 0 Å². The van der Waals surface area contributed by atoms with Crippen molar-refractivity contribution in [3.63, 3.8) is 0 Å². The van der Waals surface area contributed by atoms with E-state index in [1.54, 1.807) is 0 Å². The van der Waals surface area contributed by atoms with Crippen LogP contribution in [0.25, 0.3) is 0 Å². The summed E-state index contributed by atoms with van der Waals surface area (Å²) in [6.07, 6.45) is 3.59. The highest BCUT2D eigenvalue weighted by Gasteiger charge is 2.17. The summed E-state index contributed by atoms with van der Waals surface area (Å²) < 4.78 is 12.6. The van der Waals surface area contributed by atoms with E-state index in [0.717, 1.165) is 19.6 Å². The SMILES string of the molecule is CN(CC1CCNC1)c1ncc(F)cn1. The van der Waals surface area contributed by atoms with Crippen molar-refractivity contribution in [2.45, 2.75) is 6.42 Å². The van der Waals surface area contributed by atoms with E-state index in [9.17, 15) is 4.39 Å². The Hall–Kier alpha value is -1.23. The van der Waals surface area contributed by atoms with Gasteiger partial charge in [0, 0.05) is 13.6 Å². The van der Waals surface area contributed by atoms with Crippen LogP contribution in [0, 0.1) is 11.7 Å². The number of nitrogens with one attached hydrogen (secondary N) is 1. The molecule has 4 nitrogen and oxygen atoms in total. The normalized spacial score (nSPS) is 20.5. The molecule has 15 heavy (non-hydrogen) atoms. The van der Waals surface area contributed by atoms with E-state index < -0.39 is 5.82 Å². The van der Waals surface area contributed by atoms with Crippen LogP contribution >= 0.6 is 0 Å². The average Bonchev–Trinajstić information content (AvgIpc) is 2.71. The molecule has 1 saturated heterocycles. The fourth-order valence-corrected chi connectivity index (χ4v) is 1.84. The molecule has 5 heteroatoms. The van der Waals surface area contributed by atoms with Crippen LogP contribution in [0.5, 0.6) is 0 Å². The number of hydrogen-bond acceptors (Lipinski definition) is 4. The zero-order chi connectivity index (χ0) is 10.7. The van der Waals surface area contributed by atoms with Gasteiger partial charge in [0.1, 0.15) is 0 Å². The summed E-state index contributed by atoms with van der Waals surface area (Å²) >= 11 is 0. The lowest BCUT2D eigenvalue weighted by molar-refractivity contribution is 0.568. The summed E-state index contributed by atoms with van der Waals surface area (Å²) in [5, 5.41) is 3.31. The van der Waals surface area contributed by atoms with Gasteiger partial charge in [-0.15, -0.1) is 0 Å². The predicted molar refractivity (Wildman–Crippen MR) is 56.2 cm³/mol. The molecule has 1 atom stereocenters. The third kappa shape index (κ3) is 2.62. The Morgan fingerprint density at radius 3 is 2.87 bits per heavy atom. The van der Waals surface area contributed by atoms with Crippen LogP contribution in [0.4, 0.5) is 10.3 Å². The first-order chi connectivity index (χ1) is 7.25. The van der Waals surface area contributed by atoms with Gasteiger partial charge in [0.05, 0.1) is 12.4 Å². The second kappa shape index (κ2) is 4.53. The molecule has 0 amide bonds. The Morgan fingerprint density at radius 2 is 2.27 bits per heavy atom. The van der Waals surface area contributed by atoms with Crippen molar-refractivity contribution in [2.24, 2.45) is 5.92 Å². The number of anilines is 1. The molecule has 2 rings (SSSR count). The lowest BCUT2D eigenvalue weighted by Crippen LogP contribution is -2.28. The maximum absolute atomic E-state index is 12.6. The second-order valence-electron chi connectivity index (χ2n) is 3.94. The fourth-order valence-electron chi connectivity index (χ4n) is 1.84. The smallest absolute Gasteiger partial charge is 0.225 e. The van der Waals surface area contributed by atoms with E-state index in [1.807, 2.05) is 11.9 Å². The van der Waals surface area contributed by atoms with Gasteiger partial charge in [0.2, 0.25) is 5.95 Å². The average molecular weight is 210 g/mol. The summed E-state index contributed by atoms with van der Waals surface area (Å²) in [5.41, 5.74) is 0. The highest BCUT2D eigenvalue weighted by atomic mass is 19.1. The molecule has 82 valence electrons. The number of aromatic nitrogens is 2. The van der Waals surface area contributed by atoms with E-state index >= 15 is 0 Å². The maximum atomic E-state index is 12.6. The number of nitrogens with zero attached hydrogens (tertiary/aromatic N) is 3. The molecule has 1 aromatic rings. The monoisotopic (exact) mass is 210 g/mol. The van der Waals surface area contributed by atoms with Gasteiger partial charge in [-0.3, -0.25) is 0 Å². The summed E-state index contributed by atoms with van der Waals surface area (Å²) in [6.45, 7) is 3.05. The molecule has 0 aliphatic carbocycles. The fraction of sp³-hybridized carbons (Fsp3) is 0.600. The van der Waals surface area contributed by atoms with Crippen LogP contribution in [-0.2, 0) is 0 Å². The molecule has 0 aromatic carbocycles. The third-order valence-corrected chi connectivity index (χ3v) is 2.64. The zero-order valence-corrected chi connectivity index (χ0v) is 8.78. The van der Waals surface area contributed by atoms with Crippen molar-refractivity contribution >= 4 is 5.95 Å². The minimum atomic E-state index is -0.394.